The minimum atomic E-state index is -0.254. The SMILES string of the molecule is Cc1cc(Oc2nccn(C)c2=O)cc(C)c1Br. The maximum atomic E-state index is 11.8. The smallest absolute Gasteiger partial charge is 0.313 e. The first-order valence-corrected chi connectivity index (χ1v) is 6.24. The van der Waals surface area contributed by atoms with Crippen LogP contribution in [0, 0.1) is 13.8 Å². The van der Waals surface area contributed by atoms with Crippen LogP contribution < -0.4 is 10.3 Å². The predicted octanol–water partition coefficient (Wildman–Crippen LogP) is 2.95. The lowest BCUT2D eigenvalue weighted by atomic mass is 10.1. The van der Waals surface area contributed by atoms with Gasteiger partial charge in [-0.15, -0.1) is 0 Å². The van der Waals surface area contributed by atoms with E-state index in [0.29, 0.717) is 5.75 Å². The van der Waals surface area contributed by atoms with Crippen LogP contribution >= 0.6 is 15.9 Å². The fourth-order valence-electron chi connectivity index (χ4n) is 1.62. The first kappa shape index (κ1) is 12.8. The fraction of sp³-hybridized carbons (Fsp3) is 0.231. The minimum Gasteiger partial charge on any atom is -0.435 e. The van der Waals surface area contributed by atoms with E-state index in [0.717, 1.165) is 15.6 Å². The molecular formula is C13H13BrN2O2. The van der Waals surface area contributed by atoms with Gasteiger partial charge in [0.1, 0.15) is 5.75 Å². The summed E-state index contributed by atoms with van der Waals surface area (Å²) in [6, 6.07) is 3.73. The van der Waals surface area contributed by atoms with Gasteiger partial charge in [0.05, 0.1) is 0 Å². The molecule has 5 heteroatoms. The Bertz CT molecular complexity index is 627. The van der Waals surface area contributed by atoms with E-state index in [9.17, 15) is 4.79 Å². The summed E-state index contributed by atoms with van der Waals surface area (Å²) in [5, 5.41) is 0. The molecular weight excluding hydrogens is 296 g/mol. The summed E-state index contributed by atoms with van der Waals surface area (Å²) in [4.78, 5) is 15.7. The van der Waals surface area contributed by atoms with E-state index in [1.807, 2.05) is 26.0 Å². The molecule has 0 aliphatic heterocycles. The molecule has 0 radical (unpaired) electrons. The second-order valence-corrected chi connectivity index (χ2v) is 4.91. The zero-order chi connectivity index (χ0) is 13.3. The number of rotatable bonds is 2. The standard InChI is InChI=1S/C13H13BrN2O2/c1-8-6-10(7-9(2)11(8)14)18-12-13(17)16(3)5-4-15-12/h4-7H,1-3H3. The van der Waals surface area contributed by atoms with Crippen LogP contribution in [0.15, 0.2) is 33.8 Å². The van der Waals surface area contributed by atoms with Crippen LogP contribution in [0.2, 0.25) is 0 Å². The van der Waals surface area contributed by atoms with Crippen LogP contribution in [0.4, 0.5) is 0 Å². The van der Waals surface area contributed by atoms with Gasteiger partial charge in [-0.05, 0) is 37.1 Å². The van der Waals surface area contributed by atoms with Gasteiger partial charge in [0.15, 0.2) is 0 Å². The zero-order valence-electron chi connectivity index (χ0n) is 10.4. The van der Waals surface area contributed by atoms with Crippen molar-refractivity contribution < 1.29 is 4.74 Å². The maximum absolute atomic E-state index is 11.8. The molecule has 0 spiro atoms. The number of hydrogen-bond acceptors (Lipinski definition) is 3. The molecule has 18 heavy (non-hydrogen) atoms. The topological polar surface area (TPSA) is 44.1 Å². The summed E-state index contributed by atoms with van der Waals surface area (Å²) in [6.07, 6.45) is 3.13. The number of ether oxygens (including phenoxy) is 1. The van der Waals surface area contributed by atoms with Gasteiger partial charge in [-0.2, -0.15) is 0 Å². The Morgan fingerprint density at radius 3 is 2.50 bits per heavy atom. The molecule has 94 valence electrons. The fourth-order valence-corrected chi connectivity index (χ4v) is 1.85. The van der Waals surface area contributed by atoms with Crippen molar-refractivity contribution in [1.82, 2.24) is 9.55 Å². The van der Waals surface area contributed by atoms with Crippen molar-refractivity contribution >= 4 is 15.9 Å². The summed E-state index contributed by atoms with van der Waals surface area (Å²) < 4.78 is 8.02. The number of aryl methyl sites for hydroxylation is 3. The lowest BCUT2D eigenvalue weighted by Gasteiger charge is -2.09. The average molecular weight is 309 g/mol. The van der Waals surface area contributed by atoms with E-state index in [-0.39, 0.29) is 11.4 Å². The highest BCUT2D eigenvalue weighted by Gasteiger charge is 2.08. The molecule has 0 N–H and O–H groups in total. The molecule has 4 nitrogen and oxygen atoms in total. The summed E-state index contributed by atoms with van der Waals surface area (Å²) in [5.74, 6) is 0.699. The third kappa shape index (κ3) is 2.46. The summed E-state index contributed by atoms with van der Waals surface area (Å²) in [6.45, 7) is 3.95. The Kier molecular flexibility index (Phi) is 3.52. The highest BCUT2D eigenvalue weighted by atomic mass is 79.9. The van der Waals surface area contributed by atoms with Crippen LogP contribution in [0.25, 0.3) is 0 Å². The summed E-state index contributed by atoms with van der Waals surface area (Å²) >= 11 is 3.49. The van der Waals surface area contributed by atoms with Crippen LogP contribution in [0.1, 0.15) is 11.1 Å². The average Bonchev–Trinajstić information content (AvgIpc) is 2.32. The molecule has 0 saturated carbocycles. The van der Waals surface area contributed by atoms with Crippen molar-refractivity contribution in [2.75, 3.05) is 0 Å². The first-order chi connectivity index (χ1) is 8.49. The number of nitrogens with zero attached hydrogens (tertiary/aromatic N) is 2. The van der Waals surface area contributed by atoms with Gasteiger partial charge in [-0.3, -0.25) is 4.79 Å². The van der Waals surface area contributed by atoms with E-state index >= 15 is 0 Å². The van der Waals surface area contributed by atoms with Crippen LogP contribution in [-0.4, -0.2) is 9.55 Å². The molecule has 0 atom stereocenters. The molecule has 0 unspecified atom stereocenters. The van der Waals surface area contributed by atoms with Crippen molar-refractivity contribution in [3.05, 3.63) is 50.5 Å². The Balaban J connectivity index is 2.41. The number of benzene rings is 1. The molecule has 0 aliphatic rings. The molecule has 0 bridgehead atoms. The van der Waals surface area contributed by atoms with Crippen LogP contribution in [0.3, 0.4) is 0 Å². The molecule has 1 aromatic carbocycles. The Hall–Kier alpha value is -1.62. The molecule has 0 saturated heterocycles. The number of aromatic nitrogens is 2. The largest absolute Gasteiger partial charge is 0.435 e. The molecule has 0 fully saturated rings. The van der Waals surface area contributed by atoms with Crippen molar-refractivity contribution in [3.8, 4) is 11.6 Å². The molecule has 2 aromatic rings. The third-order valence-corrected chi connectivity index (χ3v) is 3.86. The van der Waals surface area contributed by atoms with E-state index < -0.39 is 0 Å². The molecule has 0 amide bonds. The molecule has 0 aliphatic carbocycles. The quantitative estimate of drug-likeness (QED) is 0.856. The summed E-state index contributed by atoms with van der Waals surface area (Å²) in [5.41, 5.74) is 1.85. The van der Waals surface area contributed by atoms with Crippen molar-refractivity contribution in [3.63, 3.8) is 0 Å². The minimum absolute atomic E-state index is 0.0844. The van der Waals surface area contributed by atoms with Crippen LogP contribution in [0.5, 0.6) is 11.6 Å². The maximum Gasteiger partial charge on any atom is 0.313 e. The zero-order valence-corrected chi connectivity index (χ0v) is 12.0. The van der Waals surface area contributed by atoms with Gasteiger partial charge in [-0.25, -0.2) is 4.98 Å². The van der Waals surface area contributed by atoms with Crippen molar-refractivity contribution in [2.45, 2.75) is 13.8 Å². The molecule has 1 aromatic heterocycles. The number of halogens is 1. The predicted molar refractivity (Wildman–Crippen MR) is 73.2 cm³/mol. The van der Waals surface area contributed by atoms with E-state index in [4.69, 9.17) is 4.74 Å². The lowest BCUT2D eigenvalue weighted by Crippen LogP contribution is -2.18. The van der Waals surface area contributed by atoms with Gasteiger partial charge in [0.2, 0.25) is 0 Å². The van der Waals surface area contributed by atoms with E-state index in [2.05, 4.69) is 20.9 Å². The molecule has 2 rings (SSSR count). The van der Waals surface area contributed by atoms with Gasteiger partial charge in [0.25, 0.3) is 5.88 Å². The monoisotopic (exact) mass is 308 g/mol. The van der Waals surface area contributed by atoms with Crippen molar-refractivity contribution in [1.29, 1.82) is 0 Å². The second-order valence-electron chi connectivity index (χ2n) is 4.12. The Labute approximate surface area is 113 Å². The Morgan fingerprint density at radius 1 is 1.28 bits per heavy atom. The van der Waals surface area contributed by atoms with Gasteiger partial charge >= 0.3 is 5.56 Å². The third-order valence-electron chi connectivity index (χ3n) is 2.61. The lowest BCUT2D eigenvalue weighted by molar-refractivity contribution is 0.448. The normalized spacial score (nSPS) is 10.4. The van der Waals surface area contributed by atoms with Gasteiger partial charge in [0, 0.05) is 23.9 Å². The van der Waals surface area contributed by atoms with Gasteiger partial charge in [-0.1, -0.05) is 15.9 Å². The highest BCUT2D eigenvalue weighted by molar-refractivity contribution is 9.10. The highest BCUT2D eigenvalue weighted by Crippen LogP contribution is 2.27. The van der Waals surface area contributed by atoms with Gasteiger partial charge < -0.3 is 9.30 Å². The first-order valence-electron chi connectivity index (χ1n) is 5.45. The Morgan fingerprint density at radius 2 is 1.89 bits per heavy atom. The molecule has 1 heterocycles. The number of hydrogen-bond donors (Lipinski definition) is 0. The van der Waals surface area contributed by atoms with E-state index in [1.165, 1.54) is 10.8 Å². The second kappa shape index (κ2) is 4.94. The van der Waals surface area contributed by atoms with Crippen molar-refractivity contribution in [2.24, 2.45) is 7.05 Å². The summed E-state index contributed by atoms with van der Waals surface area (Å²) in [7, 11) is 1.66. The van der Waals surface area contributed by atoms with E-state index in [1.54, 1.807) is 13.2 Å². The van der Waals surface area contributed by atoms with Crippen LogP contribution in [-0.2, 0) is 7.05 Å².